The van der Waals surface area contributed by atoms with Crippen molar-refractivity contribution in [2.24, 2.45) is 5.92 Å². The summed E-state index contributed by atoms with van der Waals surface area (Å²) in [5.41, 5.74) is 1.06. The van der Waals surface area contributed by atoms with E-state index in [1.807, 2.05) is 24.3 Å². The Morgan fingerprint density at radius 3 is 2.56 bits per heavy atom. The highest BCUT2D eigenvalue weighted by Crippen LogP contribution is 2.29. The summed E-state index contributed by atoms with van der Waals surface area (Å²) in [6.45, 7) is 5.09. The molecule has 1 saturated heterocycles. The minimum atomic E-state index is -1.09. The summed E-state index contributed by atoms with van der Waals surface area (Å²) in [5, 5.41) is 9.80. The number of benzene rings is 2. The van der Waals surface area contributed by atoms with Crippen molar-refractivity contribution in [1.82, 2.24) is 9.80 Å². The van der Waals surface area contributed by atoms with E-state index >= 15 is 0 Å². The quantitative estimate of drug-likeness (QED) is 0.604. The van der Waals surface area contributed by atoms with E-state index in [0.717, 1.165) is 11.3 Å². The number of aliphatic hydroxyl groups is 1. The van der Waals surface area contributed by atoms with Crippen LogP contribution in [0.25, 0.3) is 0 Å². The van der Waals surface area contributed by atoms with Crippen LogP contribution in [0.15, 0.2) is 48.5 Å². The van der Waals surface area contributed by atoms with Gasteiger partial charge < -0.3 is 24.4 Å². The van der Waals surface area contributed by atoms with Crippen LogP contribution in [0.1, 0.15) is 48.2 Å². The van der Waals surface area contributed by atoms with Crippen molar-refractivity contribution in [2.45, 2.75) is 44.9 Å². The Bertz CT molecular complexity index is 1140. The van der Waals surface area contributed by atoms with Crippen molar-refractivity contribution < 1.29 is 24.2 Å². The van der Waals surface area contributed by atoms with E-state index < -0.39 is 5.60 Å². The Labute approximate surface area is 213 Å². The van der Waals surface area contributed by atoms with Gasteiger partial charge in [-0.3, -0.25) is 9.59 Å². The molecule has 1 saturated carbocycles. The molecule has 4 rings (SSSR count). The number of amides is 2. The number of hydrogen-bond donors (Lipinski definition) is 1. The molecule has 7 nitrogen and oxygen atoms in total. The van der Waals surface area contributed by atoms with Crippen LogP contribution in [0.5, 0.6) is 5.75 Å². The molecular formula is C29H34N2O5. The summed E-state index contributed by atoms with van der Waals surface area (Å²) in [6.07, 6.45) is 2.08. The monoisotopic (exact) mass is 490 g/mol. The van der Waals surface area contributed by atoms with Crippen molar-refractivity contribution >= 4 is 11.8 Å². The zero-order valence-electron chi connectivity index (χ0n) is 21.2. The lowest BCUT2D eigenvalue weighted by molar-refractivity contribution is -0.132. The number of carbonyl (C=O) groups excluding carboxylic acids is 2. The van der Waals surface area contributed by atoms with Crippen LogP contribution in [0.4, 0.5) is 0 Å². The van der Waals surface area contributed by atoms with Gasteiger partial charge in [0.25, 0.3) is 5.91 Å². The summed E-state index contributed by atoms with van der Waals surface area (Å²) in [4.78, 5) is 30.0. The Morgan fingerprint density at radius 1 is 1.14 bits per heavy atom. The molecule has 0 unspecified atom stereocenters. The van der Waals surface area contributed by atoms with Gasteiger partial charge in [0.05, 0.1) is 13.2 Å². The second kappa shape index (κ2) is 11.2. The van der Waals surface area contributed by atoms with E-state index in [1.54, 1.807) is 55.0 Å². The van der Waals surface area contributed by atoms with Gasteiger partial charge in [-0.05, 0) is 74.6 Å². The van der Waals surface area contributed by atoms with Crippen molar-refractivity contribution in [3.8, 4) is 17.6 Å². The highest BCUT2D eigenvalue weighted by atomic mass is 16.5. The third-order valence-corrected chi connectivity index (χ3v) is 6.23. The zero-order chi connectivity index (χ0) is 25.7. The highest BCUT2D eigenvalue weighted by Gasteiger charge is 2.33. The Kier molecular flexibility index (Phi) is 7.97. The molecule has 0 bridgehead atoms. The van der Waals surface area contributed by atoms with Crippen LogP contribution >= 0.6 is 0 Å². The Balaban J connectivity index is 1.49. The predicted octanol–water partition coefficient (Wildman–Crippen LogP) is 3.10. The molecule has 2 aromatic carbocycles. The fraction of sp³-hybridized carbons (Fsp3) is 0.448. The van der Waals surface area contributed by atoms with Gasteiger partial charge in [0, 0.05) is 37.4 Å². The SMILES string of the molecule is COc1cccc(CN2C[C@@H](OCC3CC3)CN(C(=O)c3ccc(C#CC(C)(C)O)cc3)CC2=O)c1. The fourth-order valence-corrected chi connectivity index (χ4v) is 4.04. The molecule has 0 spiro atoms. The van der Waals surface area contributed by atoms with Crippen LogP contribution in [-0.4, -0.2) is 71.8 Å². The van der Waals surface area contributed by atoms with Gasteiger partial charge in [0.1, 0.15) is 17.9 Å². The molecular weight excluding hydrogens is 456 g/mol. The smallest absolute Gasteiger partial charge is 0.254 e. The van der Waals surface area contributed by atoms with E-state index in [1.165, 1.54) is 12.8 Å². The molecule has 1 aliphatic heterocycles. The van der Waals surface area contributed by atoms with Crippen molar-refractivity contribution in [1.29, 1.82) is 0 Å². The average molecular weight is 491 g/mol. The van der Waals surface area contributed by atoms with Gasteiger partial charge in [0.15, 0.2) is 0 Å². The van der Waals surface area contributed by atoms with Gasteiger partial charge in [0.2, 0.25) is 5.91 Å². The van der Waals surface area contributed by atoms with Crippen LogP contribution in [0.3, 0.4) is 0 Å². The third kappa shape index (κ3) is 7.33. The molecule has 7 heteroatoms. The lowest BCUT2D eigenvalue weighted by Gasteiger charge is -2.25. The molecule has 2 amide bonds. The van der Waals surface area contributed by atoms with E-state index in [4.69, 9.17) is 9.47 Å². The van der Waals surface area contributed by atoms with Crippen LogP contribution in [0.2, 0.25) is 0 Å². The number of nitrogens with zero attached hydrogens (tertiary/aromatic N) is 2. The van der Waals surface area contributed by atoms with Crippen LogP contribution in [-0.2, 0) is 16.1 Å². The van der Waals surface area contributed by atoms with E-state index in [-0.39, 0.29) is 24.5 Å². The van der Waals surface area contributed by atoms with E-state index in [2.05, 4.69) is 11.8 Å². The van der Waals surface area contributed by atoms with Gasteiger partial charge in [-0.1, -0.05) is 24.0 Å². The number of hydrogen-bond acceptors (Lipinski definition) is 5. The third-order valence-electron chi connectivity index (χ3n) is 6.23. The zero-order valence-corrected chi connectivity index (χ0v) is 21.2. The van der Waals surface area contributed by atoms with E-state index in [0.29, 0.717) is 43.3 Å². The first-order chi connectivity index (χ1) is 17.2. The molecule has 1 N–H and O–H groups in total. The molecule has 0 radical (unpaired) electrons. The summed E-state index contributed by atoms with van der Waals surface area (Å²) < 4.78 is 11.5. The number of ether oxygens (including phenoxy) is 2. The maximum Gasteiger partial charge on any atom is 0.254 e. The lowest BCUT2D eigenvalue weighted by Crippen LogP contribution is -2.39. The second-order valence-electron chi connectivity index (χ2n) is 10.1. The molecule has 2 fully saturated rings. The second-order valence-corrected chi connectivity index (χ2v) is 10.1. The molecule has 1 heterocycles. The minimum absolute atomic E-state index is 0.00759. The predicted molar refractivity (Wildman–Crippen MR) is 136 cm³/mol. The first-order valence-electron chi connectivity index (χ1n) is 12.4. The van der Waals surface area contributed by atoms with Gasteiger partial charge in [-0.15, -0.1) is 0 Å². The first kappa shape index (κ1) is 25.7. The van der Waals surface area contributed by atoms with Crippen molar-refractivity contribution in [3.63, 3.8) is 0 Å². The lowest BCUT2D eigenvalue weighted by atomic mass is 10.1. The van der Waals surface area contributed by atoms with Crippen molar-refractivity contribution in [3.05, 3.63) is 65.2 Å². The molecule has 0 aromatic heterocycles. The Hall–Kier alpha value is -3.34. The van der Waals surface area contributed by atoms with Gasteiger partial charge in [-0.25, -0.2) is 0 Å². The highest BCUT2D eigenvalue weighted by molar-refractivity contribution is 5.96. The number of carbonyl (C=O) groups is 2. The summed E-state index contributed by atoms with van der Waals surface area (Å²) in [5.74, 6) is 6.67. The largest absolute Gasteiger partial charge is 0.497 e. The minimum Gasteiger partial charge on any atom is -0.497 e. The van der Waals surface area contributed by atoms with E-state index in [9.17, 15) is 14.7 Å². The average Bonchev–Trinajstić information content (AvgIpc) is 3.70. The Morgan fingerprint density at radius 2 is 1.89 bits per heavy atom. The van der Waals surface area contributed by atoms with Crippen molar-refractivity contribution in [2.75, 3.05) is 33.4 Å². The molecule has 190 valence electrons. The molecule has 1 atom stereocenters. The van der Waals surface area contributed by atoms with Crippen LogP contribution < -0.4 is 4.74 Å². The first-order valence-corrected chi connectivity index (χ1v) is 12.4. The number of methoxy groups -OCH3 is 1. The number of rotatable bonds is 7. The maximum atomic E-state index is 13.4. The molecule has 2 aliphatic rings. The summed E-state index contributed by atoms with van der Waals surface area (Å²) in [7, 11) is 1.62. The molecule has 2 aromatic rings. The summed E-state index contributed by atoms with van der Waals surface area (Å²) in [6, 6.07) is 14.6. The standard InChI is InChI=1S/C29H34N2O5/c1-29(2,34)14-13-21-9-11-24(12-10-21)28(33)31-18-26(36-20-22-7-8-22)17-30(27(32)19-31)16-23-5-4-6-25(15-23)35-3/h4-6,9-12,15,22,26,34H,7-8,16-20H2,1-3H3/t26-/m1/s1. The fourth-order valence-electron chi connectivity index (χ4n) is 4.04. The normalized spacial score (nSPS) is 18.3. The summed E-state index contributed by atoms with van der Waals surface area (Å²) >= 11 is 0. The van der Waals surface area contributed by atoms with Crippen LogP contribution in [0, 0.1) is 17.8 Å². The van der Waals surface area contributed by atoms with Gasteiger partial charge >= 0.3 is 0 Å². The molecule has 36 heavy (non-hydrogen) atoms. The molecule has 1 aliphatic carbocycles. The topological polar surface area (TPSA) is 79.3 Å². The van der Waals surface area contributed by atoms with Gasteiger partial charge in [-0.2, -0.15) is 0 Å². The maximum absolute atomic E-state index is 13.4.